The van der Waals surface area contributed by atoms with Crippen LogP contribution in [0.3, 0.4) is 0 Å². The minimum atomic E-state index is 0.0975. The summed E-state index contributed by atoms with van der Waals surface area (Å²) in [6.07, 6.45) is 1.71. The predicted octanol–water partition coefficient (Wildman–Crippen LogP) is 2.54. The topological polar surface area (TPSA) is 61.7 Å². The number of phenolic OH excluding ortho intramolecular Hbond substituents is 2. The fourth-order valence-corrected chi connectivity index (χ4v) is 2.97. The van der Waals surface area contributed by atoms with Crippen molar-refractivity contribution < 1.29 is 14.9 Å². The van der Waals surface area contributed by atoms with Crippen LogP contribution < -0.4 is 10.1 Å². The van der Waals surface area contributed by atoms with Crippen LogP contribution >= 0.6 is 0 Å². The second-order valence-electron chi connectivity index (χ2n) is 5.32. The molecular weight excluding hydrogens is 266 g/mol. The molecule has 4 nitrogen and oxygen atoms in total. The predicted molar refractivity (Wildman–Crippen MR) is 80.9 cm³/mol. The van der Waals surface area contributed by atoms with Gasteiger partial charge >= 0.3 is 0 Å². The van der Waals surface area contributed by atoms with Crippen LogP contribution in [0, 0.1) is 0 Å². The minimum Gasteiger partial charge on any atom is -0.508 e. The SMILES string of the molecule is COc1c(O)ccc2c1C(Cc1ccc(O)cc1)NCC2. The number of ether oxygens (including phenoxy) is 1. The lowest BCUT2D eigenvalue weighted by Crippen LogP contribution is -2.31. The molecule has 1 aliphatic rings. The van der Waals surface area contributed by atoms with E-state index in [1.54, 1.807) is 25.3 Å². The molecule has 4 heteroatoms. The third-order valence-corrected chi connectivity index (χ3v) is 3.98. The quantitative estimate of drug-likeness (QED) is 0.811. The zero-order chi connectivity index (χ0) is 14.8. The van der Waals surface area contributed by atoms with E-state index in [2.05, 4.69) is 5.32 Å². The molecule has 1 unspecified atom stereocenters. The van der Waals surface area contributed by atoms with Crippen LogP contribution in [0.15, 0.2) is 36.4 Å². The lowest BCUT2D eigenvalue weighted by atomic mass is 9.89. The molecule has 1 heterocycles. The van der Waals surface area contributed by atoms with Gasteiger partial charge in [-0.2, -0.15) is 0 Å². The minimum absolute atomic E-state index is 0.0975. The molecule has 21 heavy (non-hydrogen) atoms. The smallest absolute Gasteiger partial charge is 0.165 e. The lowest BCUT2D eigenvalue weighted by molar-refractivity contribution is 0.357. The van der Waals surface area contributed by atoms with E-state index in [-0.39, 0.29) is 17.5 Å². The van der Waals surface area contributed by atoms with E-state index in [9.17, 15) is 10.2 Å². The molecule has 0 radical (unpaired) electrons. The van der Waals surface area contributed by atoms with Crippen molar-refractivity contribution in [3.63, 3.8) is 0 Å². The molecule has 0 amide bonds. The molecule has 110 valence electrons. The molecule has 1 aliphatic heterocycles. The second-order valence-corrected chi connectivity index (χ2v) is 5.32. The van der Waals surface area contributed by atoms with Gasteiger partial charge in [-0.25, -0.2) is 0 Å². The van der Waals surface area contributed by atoms with Crippen molar-refractivity contribution >= 4 is 0 Å². The summed E-state index contributed by atoms with van der Waals surface area (Å²) in [6, 6.07) is 11.0. The van der Waals surface area contributed by atoms with Crippen molar-refractivity contribution in [2.24, 2.45) is 0 Å². The molecule has 0 aromatic heterocycles. The van der Waals surface area contributed by atoms with E-state index in [0.717, 1.165) is 30.5 Å². The largest absolute Gasteiger partial charge is 0.508 e. The summed E-state index contributed by atoms with van der Waals surface area (Å²) in [5.41, 5.74) is 3.38. The maximum absolute atomic E-state index is 10.0. The van der Waals surface area contributed by atoms with E-state index in [1.807, 2.05) is 18.2 Å². The zero-order valence-electron chi connectivity index (χ0n) is 12.0. The average molecular weight is 285 g/mol. The van der Waals surface area contributed by atoms with E-state index < -0.39 is 0 Å². The summed E-state index contributed by atoms with van der Waals surface area (Å²) in [6.45, 7) is 0.906. The number of fused-ring (bicyclic) bond motifs is 1. The second kappa shape index (κ2) is 5.66. The van der Waals surface area contributed by atoms with Crippen LogP contribution in [0.5, 0.6) is 17.2 Å². The zero-order valence-corrected chi connectivity index (χ0v) is 12.0. The van der Waals surface area contributed by atoms with Crippen molar-refractivity contribution in [2.75, 3.05) is 13.7 Å². The number of aromatic hydroxyl groups is 2. The van der Waals surface area contributed by atoms with Crippen molar-refractivity contribution in [3.05, 3.63) is 53.1 Å². The Morgan fingerprint density at radius 3 is 2.62 bits per heavy atom. The monoisotopic (exact) mass is 285 g/mol. The third kappa shape index (κ3) is 2.67. The van der Waals surface area contributed by atoms with Gasteiger partial charge in [0.05, 0.1) is 7.11 Å². The van der Waals surface area contributed by atoms with Gasteiger partial charge in [0.25, 0.3) is 0 Å². The molecule has 2 aromatic rings. The molecule has 0 bridgehead atoms. The Kier molecular flexibility index (Phi) is 3.71. The number of benzene rings is 2. The van der Waals surface area contributed by atoms with Crippen LogP contribution in [0.4, 0.5) is 0 Å². The number of rotatable bonds is 3. The van der Waals surface area contributed by atoms with Crippen LogP contribution in [-0.4, -0.2) is 23.9 Å². The van der Waals surface area contributed by atoms with E-state index in [0.29, 0.717) is 5.75 Å². The summed E-state index contributed by atoms with van der Waals surface area (Å²) in [5, 5.41) is 22.9. The number of phenols is 2. The molecule has 1 atom stereocenters. The van der Waals surface area contributed by atoms with Gasteiger partial charge in [0.1, 0.15) is 5.75 Å². The summed E-state index contributed by atoms with van der Waals surface area (Å²) in [5.74, 6) is 1.00. The Morgan fingerprint density at radius 1 is 1.14 bits per heavy atom. The van der Waals surface area contributed by atoms with Gasteiger partial charge in [0.15, 0.2) is 11.5 Å². The molecule has 2 aromatic carbocycles. The molecule has 3 N–H and O–H groups in total. The van der Waals surface area contributed by atoms with Gasteiger partial charge in [-0.05, 0) is 48.7 Å². The van der Waals surface area contributed by atoms with Gasteiger partial charge in [-0.1, -0.05) is 18.2 Å². The lowest BCUT2D eigenvalue weighted by Gasteiger charge is -2.29. The van der Waals surface area contributed by atoms with Crippen LogP contribution in [0.2, 0.25) is 0 Å². The highest BCUT2D eigenvalue weighted by molar-refractivity contribution is 5.53. The van der Waals surface area contributed by atoms with E-state index >= 15 is 0 Å². The number of nitrogens with one attached hydrogen (secondary N) is 1. The van der Waals surface area contributed by atoms with E-state index in [4.69, 9.17) is 4.74 Å². The first kappa shape index (κ1) is 13.8. The summed E-state index contributed by atoms with van der Waals surface area (Å²) < 4.78 is 5.40. The number of methoxy groups -OCH3 is 1. The highest BCUT2D eigenvalue weighted by Gasteiger charge is 2.25. The first-order valence-electron chi connectivity index (χ1n) is 7.09. The van der Waals surface area contributed by atoms with Crippen molar-refractivity contribution in [1.29, 1.82) is 0 Å². The molecule has 0 fully saturated rings. The fraction of sp³-hybridized carbons (Fsp3) is 0.294. The number of hydrogen-bond acceptors (Lipinski definition) is 4. The normalized spacial score (nSPS) is 17.3. The highest BCUT2D eigenvalue weighted by atomic mass is 16.5. The fourth-order valence-electron chi connectivity index (χ4n) is 2.97. The molecule has 0 saturated heterocycles. The van der Waals surface area contributed by atoms with Crippen molar-refractivity contribution in [1.82, 2.24) is 5.32 Å². The molecular formula is C17H19NO3. The van der Waals surface area contributed by atoms with Crippen LogP contribution in [-0.2, 0) is 12.8 Å². The first-order valence-corrected chi connectivity index (χ1v) is 7.09. The Hall–Kier alpha value is -2.20. The van der Waals surface area contributed by atoms with Gasteiger partial charge in [-0.15, -0.1) is 0 Å². The van der Waals surface area contributed by atoms with Gasteiger partial charge < -0.3 is 20.3 Å². The summed E-state index contributed by atoms with van der Waals surface area (Å²) in [7, 11) is 1.58. The molecule has 0 aliphatic carbocycles. The highest BCUT2D eigenvalue weighted by Crippen LogP contribution is 2.39. The van der Waals surface area contributed by atoms with E-state index in [1.165, 1.54) is 5.56 Å². The molecule has 0 spiro atoms. The van der Waals surface area contributed by atoms with Crippen LogP contribution in [0.25, 0.3) is 0 Å². The first-order chi connectivity index (χ1) is 10.2. The number of hydrogen-bond donors (Lipinski definition) is 3. The third-order valence-electron chi connectivity index (χ3n) is 3.98. The van der Waals surface area contributed by atoms with Crippen LogP contribution in [0.1, 0.15) is 22.7 Å². The summed E-state index contributed by atoms with van der Waals surface area (Å²) >= 11 is 0. The van der Waals surface area contributed by atoms with Gasteiger partial charge in [-0.3, -0.25) is 0 Å². The van der Waals surface area contributed by atoms with Crippen molar-refractivity contribution in [2.45, 2.75) is 18.9 Å². The maximum atomic E-state index is 10.0. The Labute approximate surface area is 124 Å². The standard InChI is InChI=1S/C17H19NO3/c1-21-17-15(20)7-4-12-8-9-18-14(16(12)17)10-11-2-5-13(19)6-3-11/h2-7,14,18-20H,8-10H2,1H3. The van der Waals surface area contributed by atoms with Gasteiger partial charge in [0.2, 0.25) is 0 Å². The average Bonchev–Trinajstić information content (AvgIpc) is 2.50. The van der Waals surface area contributed by atoms with Crippen molar-refractivity contribution in [3.8, 4) is 17.2 Å². The maximum Gasteiger partial charge on any atom is 0.165 e. The Bertz CT molecular complexity index is 637. The molecule has 0 saturated carbocycles. The Balaban J connectivity index is 1.96. The summed E-state index contributed by atoms with van der Waals surface area (Å²) in [4.78, 5) is 0. The Morgan fingerprint density at radius 2 is 1.90 bits per heavy atom. The molecule has 3 rings (SSSR count). The van der Waals surface area contributed by atoms with Gasteiger partial charge in [0, 0.05) is 11.6 Å².